The Morgan fingerprint density at radius 2 is 1.86 bits per heavy atom. The van der Waals surface area contributed by atoms with Gasteiger partial charge in [-0.1, -0.05) is 56.3 Å². The molecule has 3 rings (SSSR count). The summed E-state index contributed by atoms with van der Waals surface area (Å²) >= 11 is 0. The van der Waals surface area contributed by atoms with E-state index in [2.05, 4.69) is 62.4 Å². The normalized spacial score (nSPS) is 15.2. The summed E-state index contributed by atoms with van der Waals surface area (Å²) in [5, 5.41) is 2.04. The van der Waals surface area contributed by atoms with Gasteiger partial charge in [0.2, 0.25) is 0 Å². The highest BCUT2D eigenvalue weighted by molar-refractivity contribution is 5.68. The minimum absolute atomic E-state index is 0.530. The number of hydrogen-bond acceptors (Lipinski definition) is 2. The van der Waals surface area contributed by atoms with E-state index in [1.165, 1.54) is 28.7 Å². The van der Waals surface area contributed by atoms with Crippen molar-refractivity contribution >= 4 is 0 Å². The van der Waals surface area contributed by atoms with Gasteiger partial charge in [0, 0.05) is 13.1 Å². The van der Waals surface area contributed by atoms with Crippen molar-refractivity contribution in [3.05, 3.63) is 59.7 Å². The van der Waals surface area contributed by atoms with E-state index in [-0.39, 0.29) is 0 Å². The van der Waals surface area contributed by atoms with Crippen molar-refractivity contribution in [3.63, 3.8) is 0 Å². The first-order valence-electron chi connectivity index (χ1n) is 7.80. The van der Waals surface area contributed by atoms with Crippen LogP contribution in [0.2, 0.25) is 0 Å². The Balaban J connectivity index is 1.82. The van der Waals surface area contributed by atoms with Crippen LogP contribution in [0.5, 0.6) is 0 Å². The molecule has 1 aliphatic heterocycles. The zero-order valence-corrected chi connectivity index (χ0v) is 12.9. The van der Waals surface area contributed by atoms with Crippen molar-refractivity contribution in [2.24, 2.45) is 0 Å². The summed E-state index contributed by atoms with van der Waals surface area (Å²) in [6, 6.07) is 17.4. The molecule has 2 aromatic rings. The van der Waals surface area contributed by atoms with Crippen LogP contribution in [0.3, 0.4) is 0 Å². The number of rotatable bonds is 5. The lowest BCUT2D eigenvalue weighted by molar-refractivity contribution is -0.205. The quantitative estimate of drug-likeness (QED) is 0.793. The minimum atomic E-state index is 0.530. The van der Waals surface area contributed by atoms with Gasteiger partial charge >= 0.3 is 0 Å². The molecule has 0 saturated carbocycles. The summed E-state index contributed by atoms with van der Waals surface area (Å²) in [6.07, 6.45) is 1.25. The van der Waals surface area contributed by atoms with Crippen molar-refractivity contribution in [1.29, 1.82) is 0 Å². The summed E-state index contributed by atoms with van der Waals surface area (Å²) in [5.74, 6) is 0.530. The first-order valence-corrected chi connectivity index (χ1v) is 7.80. The van der Waals surface area contributed by atoms with E-state index in [1.807, 2.05) is 5.06 Å². The summed E-state index contributed by atoms with van der Waals surface area (Å²) in [7, 11) is 0. The fourth-order valence-corrected chi connectivity index (χ4v) is 2.67. The van der Waals surface area contributed by atoms with Gasteiger partial charge in [-0.15, -0.1) is 0 Å². The summed E-state index contributed by atoms with van der Waals surface area (Å²) in [4.78, 5) is 5.77. The molecule has 0 radical (unpaired) electrons. The Hall–Kier alpha value is -1.64. The molecule has 1 aliphatic rings. The molecule has 0 aliphatic carbocycles. The number of hydrogen-bond donors (Lipinski definition) is 0. The Morgan fingerprint density at radius 3 is 2.57 bits per heavy atom. The molecule has 0 amide bonds. The average Bonchev–Trinajstić information content (AvgIpc) is 2.46. The van der Waals surface area contributed by atoms with Gasteiger partial charge in [-0.25, -0.2) is 0 Å². The summed E-state index contributed by atoms with van der Waals surface area (Å²) in [5.41, 5.74) is 5.25. The third-order valence-electron chi connectivity index (χ3n) is 4.05. The van der Waals surface area contributed by atoms with Crippen molar-refractivity contribution in [2.45, 2.75) is 32.8 Å². The molecule has 0 atom stereocenters. The Labute approximate surface area is 127 Å². The monoisotopic (exact) mass is 281 g/mol. The van der Waals surface area contributed by atoms with E-state index < -0.39 is 0 Å². The predicted octanol–water partition coefficient (Wildman–Crippen LogP) is 4.61. The molecular weight excluding hydrogens is 258 g/mol. The molecule has 0 N–H and O–H groups in total. The predicted molar refractivity (Wildman–Crippen MR) is 86.9 cm³/mol. The third kappa shape index (κ3) is 3.34. The molecule has 2 heteroatoms. The standard InChI is InChI=1S/C19H23NO/c1-15(2)18-9-3-4-10-19(18)17-8-5-7-16(13-17)14-21-20-11-6-12-20/h3-5,7-10,13,15H,6,11-12,14H2,1-2H3. The molecule has 0 aromatic heterocycles. The summed E-state index contributed by atoms with van der Waals surface area (Å²) < 4.78 is 0. The maximum Gasteiger partial charge on any atom is 0.0936 e. The maximum absolute atomic E-state index is 5.77. The highest BCUT2D eigenvalue weighted by Crippen LogP contribution is 2.29. The molecule has 1 heterocycles. The third-order valence-corrected chi connectivity index (χ3v) is 4.05. The topological polar surface area (TPSA) is 12.5 Å². The lowest BCUT2D eigenvalue weighted by Crippen LogP contribution is -2.36. The van der Waals surface area contributed by atoms with Crippen LogP contribution in [-0.2, 0) is 11.4 Å². The Kier molecular flexibility index (Phi) is 4.37. The molecule has 0 spiro atoms. The SMILES string of the molecule is CC(C)c1ccccc1-c1cccc(CON2CCC2)c1. The van der Waals surface area contributed by atoms with Crippen molar-refractivity contribution in [3.8, 4) is 11.1 Å². The fourth-order valence-electron chi connectivity index (χ4n) is 2.67. The zero-order chi connectivity index (χ0) is 14.7. The van der Waals surface area contributed by atoms with E-state index in [0.717, 1.165) is 13.1 Å². The minimum Gasteiger partial charge on any atom is -0.294 e. The van der Waals surface area contributed by atoms with Gasteiger partial charge in [0.05, 0.1) is 6.61 Å². The molecule has 2 aromatic carbocycles. The summed E-state index contributed by atoms with van der Waals surface area (Å²) in [6.45, 7) is 7.29. The smallest absolute Gasteiger partial charge is 0.0936 e. The second-order valence-corrected chi connectivity index (χ2v) is 6.00. The van der Waals surface area contributed by atoms with Gasteiger partial charge in [-0.3, -0.25) is 4.84 Å². The highest BCUT2D eigenvalue weighted by atomic mass is 16.7. The second kappa shape index (κ2) is 6.42. The molecular formula is C19H23NO. The van der Waals surface area contributed by atoms with Crippen LogP contribution in [0.4, 0.5) is 0 Å². The molecule has 21 heavy (non-hydrogen) atoms. The second-order valence-electron chi connectivity index (χ2n) is 6.00. The van der Waals surface area contributed by atoms with Crippen LogP contribution < -0.4 is 0 Å². The molecule has 0 bridgehead atoms. The maximum atomic E-state index is 5.77. The molecule has 1 fully saturated rings. The molecule has 110 valence electrons. The fraction of sp³-hybridized carbons (Fsp3) is 0.368. The van der Waals surface area contributed by atoms with E-state index >= 15 is 0 Å². The van der Waals surface area contributed by atoms with E-state index in [4.69, 9.17) is 4.84 Å². The van der Waals surface area contributed by atoms with Crippen LogP contribution >= 0.6 is 0 Å². The van der Waals surface area contributed by atoms with E-state index in [0.29, 0.717) is 12.5 Å². The molecule has 2 nitrogen and oxygen atoms in total. The zero-order valence-electron chi connectivity index (χ0n) is 12.9. The van der Waals surface area contributed by atoms with Gasteiger partial charge in [-0.05, 0) is 40.7 Å². The van der Waals surface area contributed by atoms with Gasteiger partial charge < -0.3 is 0 Å². The largest absolute Gasteiger partial charge is 0.294 e. The van der Waals surface area contributed by atoms with E-state index in [9.17, 15) is 0 Å². The van der Waals surface area contributed by atoms with Crippen LogP contribution in [0.25, 0.3) is 11.1 Å². The lowest BCUT2D eigenvalue weighted by atomic mass is 9.92. The van der Waals surface area contributed by atoms with Gasteiger partial charge in [-0.2, -0.15) is 5.06 Å². The number of nitrogens with zero attached hydrogens (tertiary/aromatic N) is 1. The Morgan fingerprint density at radius 1 is 1.05 bits per heavy atom. The highest BCUT2D eigenvalue weighted by Gasteiger charge is 2.14. The first kappa shape index (κ1) is 14.3. The average molecular weight is 281 g/mol. The Bertz CT molecular complexity index is 602. The number of hydroxylamine groups is 2. The van der Waals surface area contributed by atoms with Gasteiger partial charge in [0.25, 0.3) is 0 Å². The van der Waals surface area contributed by atoms with Crippen molar-refractivity contribution in [2.75, 3.05) is 13.1 Å². The first-order chi connectivity index (χ1) is 10.2. The van der Waals surface area contributed by atoms with Crippen molar-refractivity contribution in [1.82, 2.24) is 5.06 Å². The van der Waals surface area contributed by atoms with Crippen LogP contribution in [0, 0.1) is 0 Å². The molecule has 1 saturated heterocycles. The van der Waals surface area contributed by atoms with Crippen LogP contribution in [0.15, 0.2) is 48.5 Å². The van der Waals surface area contributed by atoms with Crippen LogP contribution in [0.1, 0.15) is 37.3 Å². The van der Waals surface area contributed by atoms with E-state index in [1.54, 1.807) is 0 Å². The van der Waals surface area contributed by atoms with Gasteiger partial charge in [0.15, 0.2) is 0 Å². The van der Waals surface area contributed by atoms with Crippen LogP contribution in [-0.4, -0.2) is 18.2 Å². The van der Waals surface area contributed by atoms with Crippen molar-refractivity contribution < 1.29 is 4.84 Å². The van der Waals surface area contributed by atoms with Gasteiger partial charge in [0.1, 0.15) is 0 Å². The number of benzene rings is 2. The molecule has 0 unspecified atom stereocenters. The lowest BCUT2D eigenvalue weighted by Gasteiger charge is -2.29.